The Labute approximate surface area is 153 Å². The highest BCUT2D eigenvalue weighted by Crippen LogP contribution is 2.44. The highest BCUT2D eigenvalue weighted by molar-refractivity contribution is 5.94. The van der Waals surface area contributed by atoms with E-state index in [1.54, 1.807) is 0 Å². The van der Waals surface area contributed by atoms with Gasteiger partial charge in [-0.15, -0.1) is 0 Å². The molecule has 1 fully saturated rings. The number of rotatable bonds is 6. The van der Waals surface area contributed by atoms with Crippen LogP contribution in [0.1, 0.15) is 30.0 Å². The molecule has 0 radical (unpaired) electrons. The summed E-state index contributed by atoms with van der Waals surface area (Å²) in [7, 11) is 4.06. The summed E-state index contributed by atoms with van der Waals surface area (Å²) in [6.45, 7) is 3.76. The van der Waals surface area contributed by atoms with E-state index in [4.69, 9.17) is 9.97 Å². The van der Waals surface area contributed by atoms with Gasteiger partial charge in [-0.3, -0.25) is 9.97 Å². The van der Waals surface area contributed by atoms with Crippen molar-refractivity contribution in [1.29, 1.82) is 0 Å². The van der Waals surface area contributed by atoms with Crippen molar-refractivity contribution in [1.82, 2.24) is 25.3 Å². The number of fused-ring (bicyclic) bond motifs is 1. The standard InChI is InChI=1S/C20H24N6/c1-13-10-15(6-7-23-13)19-24-17-12-22-11-16(14-4-5-14)18(17)20(25-19)26(3)9-8-21-2/h6-7,10-12,14,21H,4-5,8-9H2,1-3H3. The lowest BCUT2D eigenvalue weighted by Gasteiger charge is -2.22. The number of pyridine rings is 2. The highest BCUT2D eigenvalue weighted by atomic mass is 15.2. The maximum absolute atomic E-state index is 4.97. The second kappa shape index (κ2) is 6.96. The molecule has 1 aliphatic carbocycles. The molecular weight excluding hydrogens is 324 g/mol. The van der Waals surface area contributed by atoms with Crippen LogP contribution in [-0.4, -0.2) is 47.1 Å². The second-order valence-electron chi connectivity index (χ2n) is 6.98. The van der Waals surface area contributed by atoms with Gasteiger partial charge in [0.05, 0.1) is 11.7 Å². The molecule has 0 atom stereocenters. The Morgan fingerprint density at radius 3 is 2.81 bits per heavy atom. The SMILES string of the molecule is CNCCN(C)c1nc(-c2ccnc(C)c2)nc2cncc(C3CC3)c12. The lowest BCUT2D eigenvalue weighted by molar-refractivity contribution is 0.762. The lowest BCUT2D eigenvalue weighted by Crippen LogP contribution is -2.28. The number of hydrogen-bond donors (Lipinski definition) is 1. The average molecular weight is 348 g/mol. The molecule has 0 unspecified atom stereocenters. The molecule has 0 amide bonds. The van der Waals surface area contributed by atoms with E-state index in [-0.39, 0.29) is 0 Å². The van der Waals surface area contributed by atoms with Crippen LogP contribution in [0.15, 0.2) is 30.7 Å². The Hall–Kier alpha value is -2.60. The molecule has 1 N–H and O–H groups in total. The van der Waals surface area contributed by atoms with Gasteiger partial charge in [0.1, 0.15) is 5.82 Å². The fourth-order valence-electron chi connectivity index (χ4n) is 3.27. The van der Waals surface area contributed by atoms with Crippen molar-refractivity contribution in [2.24, 2.45) is 0 Å². The van der Waals surface area contributed by atoms with E-state index in [2.05, 4.69) is 27.2 Å². The molecule has 0 spiro atoms. The maximum atomic E-state index is 4.97. The number of nitrogens with one attached hydrogen (secondary N) is 1. The highest BCUT2D eigenvalue weighted by Gasteiger charge is 2.28. The molecule has 3 aromatic heterocycles. The average Bonchev–Trinajstić information content (AvgIpc) is 3.49. The first-order valence-corrected chi connectivity index (χ1v) is 9.12. The molecule has 0 bridgehead atoms. The van der Waals surface area contributed by atoms with Crippen LogP contribution in [0, 0.1) is 6.92 Å². The fourth-order valence-corrected chi connectivity index (χ4v) is 3.27. The van der Waals surface area contributed by atoms with Gasteiger partial charge in [-0.1, -0.05) is 0 Å². The third-order valence-electron chi connectivity index (χ3n) is 4.85. The van der Waals surface area contributed by atoms with Crippen molar-refractivity contribution in [2.45, 2.75) is 25.7 Å². The number of nitrogens with zero attached hydrogens (tertiary/aromatic N) is 5. The Kier molecular flexibility index (Phi) is 4.51. The monoisotopic (exact) mass is 348 g/mol. The number of anilines is 1. The first kappa shape index (κ1) is 16.8. The van der Waals surface area contributed by atoms with Crippen LogP contribution in [0.2, 0.25) is 0 Å². The minimum Gasteiger partial charge on any atom is -0.358 e. The van der Waals surface area contributed by atoms with Crippen molar-refractivity contribution in [2.75, 3.05) is 32.1 Å². The zero-order valence-corrected chi connectivity index (χ0v) is 15.5. The topological polar surface area (TPSA) is 66.8 Å². The van der Waals surface area contributed by atoms with Crippen molar-refractivity contribution in [3.8, 4) is 11.4 Å². The Morgan fingerprint density at radius 1 is 1.23 bits per heavy atom. The minimum absolute atomic E-state index is 0.597. The second-order valence-corrected chi connectivity index (χ2v) is 6.98. The van der Waals surface area contributed by atoms with Crippen LogP contribution in [0.4, 0.5) is 5.82 Å². The zero-order valence-electron chi connectivity index (χ0n) is 15.5. The summed E-state index contributed by atoms with van der Waals surface area (Å²) in [6.07, 6.45) is 8.11. The fraction of sp³-hybridized carbons (Fsp3) is 0.400. The van der Waals surface area contributed by atoms with Gasteiger partial charge in [-0.25, -0.2) is 9.97 Å². The van der Waals surface area contributed by atoms with Gasteiger partial charge in [0, 0.05) is 49.2 Å². The van der Waals surface area contributed by atoms with Crippen LogP contribution in [0.25, 0.3) is 22.3 Å². The lowest BCUT2D eigenvalue weighted by atomic mass is 10.1. The van der Waals surface area contributed by atoms with Gasteiger partial charge in [0.2, 0.25) is 0 Å². The molecule has 4 rings (SSSR count). The summed E-state index contributed by atoms with van der Waals surface area (Å²) in [4.78, 5) is 20.8. The quantitative estimate of drug-likeness (QED) is 0.739. The Balaban J connectivity index is 1.90. The first-order chi connectivity index (χ1) is 12.7. The molecule has 26 heavy (non-hydrogen) atoms. The molecule has 0 aliphatic heterocycles. The van der Waals surface area contributed by atoms with E-state index >= 15 is 0 Å². The number of likely N-dealkylation sites (N-methyl/N-ethyl adjacent to an activating group) is 2. The van der Waals surface area contributed by atoms with Crippen LogP contribution in [0.5, 0.6) is 0 Å². The van der Waals surface area contributed by atoms with E-state index < -0.39 is 0 Å². The van der Waals surface area contributed by atoms with Crippen molar-refractivity contribution < 1.29 is 0 Å². The van der Waals surface area contributed by atoms with E-state index in [0.717, 1.165) is 46.9 Å². The van der Waals surface area contributed by atoms with Crippen molar-refractivity contribution in [3.63, 3.8) is 0 Å². The Bertz CT molecular complexity index is 935. The zero-order chi connectivity index (χ0) is 18.1. The van der Waals surface area contributed by atoms with Gasteiger partial charge in [0.25, 0.3) is 0 Å². The number of aryl methyl sites for hydroxylation is 1. The smallest absolute Gasteiger partial charge is 0.162 e. The summed E-state index contributed by atoms with van der Waals surface area (Å²) < 4.78 is 0. The summed E-state index contributed by atoms with van der Waals surface area (Å²) in [5.41, 5.74) is 4.15. The largest absolute Gasteiger partial charge is 0.358 e. The predicted molar refractivity (Wildman–Crippen MR) is 104 cm³/mol. The summed E-state index contributed by atoms with van der Waals surface area (Å²) >= 11 is 0. The molecule has 6 nitrogen and oxygen atoms in total. The number of hydrogen-bond acceptors (Lipinski definition) is 6. The molecule has 3 aromatic rings. The van der Waals surface area contributed by atoms with E-state index in [9.17, 15) is 0 Å². The first-order valence-electron chi connectivity index (χ1n) is 9.12. The maximum Gasteiger partial charge on any atom is 0.162 e. The molecule has 3 heterocycles. The summed E-state index contributed by atoms with van der Waals surface area (Å²) in [5, 5.41) is 4.36. The number of aromatic nitrogens is 4. The van der Waals surface area contributed by atoms with Gasteiger partial charge in [-0.2, -0.15) is 0 Å². The van der Waals surface area contributed by atoms with Gasteiger partial charge in [0.15, 0.2) is 5.82 Å². The van der Waals surface area contributed by atoms with Crippen LogP contribution < -0.4 is 10.2 Å². The molecule has 134 valence electrons. The molecular formula is C20H24N6. The molecule has 0 aromatic carbocycles. The van der Waals surface area contributed by atoms with E-state index in [1.807, 2.05) is 44.7 Å². The van der Waals surface area contributed by atoms with Crippen molar-refractivity contribution in [3.05, 3.63) is 42.0 Å². The van der Waals surface area contributed by atoms with Gasteiger partial charge >= 0.3 is 0 Å². The normalized spacial score (nSPS) is 14.0. The van der Waals surface area contributed by atoms with Crippen LogP contribution >= 0.6 is 0 Å². The molecule has 0 saturated heterocycles. The van der Waals surface area contributed by atoms with E-state index in [0.29, 0.717) is 5.92 Å². The van der Waals surface area contributed by atoms with Crippen LogP contribution in [0.3, 0.4) is 0 Å². The predicted octanol–water partition coefficient (Wildman–Crippen LogP) is 2.93. The third-order valence-corrected chi connectivity index (χ3v) is 4.85. The summed E-state index contributed by atoms with van der Waals surface area (Å²) in [5.74, 6) is 2.31. The van der Waals surface area contributed by atoms with Gasteiger partial charge in [-0.05, 0) is 50.4 Å². The molecule has 1 aliphatic rings. The summed E-state index contributed by atoms with van der Waals surface area (Å²) in [6, 6.07) is 3.99. The molecule has 1 saturated carbocycles. The van der Waals surface area contributed by atoms with E-state index in [1.165, 1.54) is 18.4 Å². The molecule has 6 heteroatoms. The Morgan fingerprint density at radius 2 is 2.08 bits per heavy atom. The third kappa shape index (κ3) is 3.24. The van der Waals surface area contributed by atoms with Crippen LogP contribution in [-0.2, 0) is 0 Å². The van der Waals surface area contributed by atoms with Crippen molar-refractivity contribution >= 4 is 16.7 Å². The van der Waals surface area contributed by atoms with Gasteiger partial charge < -0.3 is 10.2 Å². The minimum atomic E-state index is 0.597.